The summed E-state index contributed by atoms with van der Waals surface area (Å²) in [7, 11) is 0. The summed E-state index contributed by atoms with van der Waals surface area (Å²) in [5.41, 5.74) is 0.456. The summed E-state index contributed by atoms with van der Waals surface area (Å²) in [6.45, 7) is 2.02. The van der Waals surface area contributed by atoms with Gasteiger partial charge >= 0.3 is 0 Å². The Kier molecular flexibility index (Phi) is 4.85. The fourth-order valence-corrected chi connectivity index (χ4v) is 3.31. The topological polar surface area (TPSA) is 71.8 Å². The third-order valence-electron chi connectivity index (χ3n) is 4.62. The normalized spacial score (nSPS) is 21.9. The Balaban J connectivity index is 1.58. The smallest absolute Gasteiger partial charge is 0.273 e. The summed E-state index contributed by atoms with van der Waals surface area (Å²) in [6.07, 6.45) is 11.1. The molecule has 116 valence electrons. The van der Waals surface area contributed by atoms with Crippen LogP contribution < -0.4 is 10.6 Å². The maximum absolute atomic E-state index is 12.3. The molecule has 2 fully saturated rings. The molecule has 0 atom stereocenters. The van der Waals surface area contributed by atoms with Crippen molar-refractivity contribution >= 4 is 5.91 Å². The van der Waals surface area contributed by atoms with Crippen LogP contribution in [0.1, 0.15) is 67.9 Å². The van der Waals surface area contributed by atoms with Crippen LogP contribution in [0.3, 0.4) is 0 Å². The number of aromatic nitrogens is 3. The molecule has 0 radical (unpaired) electrons. The lowest BCUT2D eigenvalue weighted by Gasteiger charge is -2.22. The second kappa shape index (κ2) is 7.02. The molecular formula is C15H25N5O. The van der Waals surface area contributed by atoms with Gasteiger partial charge in [0.25, 0.3) is 5.91 Å². The van der Waals surface area contributed by atoms with Gasteiger partial charge in [0.05, 0.1) is 12.2 Å². The Morgan fingerprint density at radius 3 is 2.57 bits per heavy atom. The quantitative estimate of drug-likeness (QED) is 0.831. The van der Waals surface area contributed by atoms with Crippen LogP contribution in [-0.4, -0.2) is 40.0 Å². The monoisotopic (exact) mass is 291 g/mol. The summed E-state index contributed by atoms with van der Waals surface area (Å²) < 4.78 is 1.86. The van der Waals surface area contributed by atoms with Gasteiger partial charge in [-0.1, -0.05) is 30.9 Å². The number of hydrogen-bond donors (Lipinski definition) is 2. The number of hydrogen-bond acceptors (Lipinski definition) is 4. The molecule has 0 bridgehead atoms. The number of piperidine rings is 1. The van der Waals surface area contributed by atoms with Gasteiger partial charge in [0.15, 0.2) is 5.69 Å². The van der Waals surface area contributed by atoms with Crippen molar-refractivity contribution < 1.29 is 4.79 Å². The first-order valence-electron chi connectivity index (χ1n) is 8.26. The Hall–Kier alpha value is -1.43. The summed E-state index contributed by atoms with van der Waals surface area (Å²) >= 11 is 0. The second-order valence-corrected chi connectivity index (χ2v) is 6.23. The van der Waals surface area contributed by atoms with E-state index in [1.165, 1.54) is 25.7 Å². The van der Waals surface area contributed by atoms with Crippen LogP contribution in [0.4, 0.5) is 0 Å². The van der Waals surface area contributed by atoms with E-state index in [0.29, 0.717) is 17.8 Å². The SMILES string of the molecule is O=C(NC1CCCCCC1)c1cn(C2CCNCC2)nn1. The number of amides is 1. The maximum Gasteiger partial charge on any atom is 0.273 e. The van der Waals surface area contributed by atoms with Crippen molar-refractivity contribution in [3.8, 4) is 0 Å². The van der Waals surface area contributed by atoms with E-state index in [-0.39, 0.29) is 5.91 Å². The molecule has 21 heavy (non-hydrogen) atoms. The van der Waals surface area contributed by atoms with Crippen molar-refractivity contribution in [1.29, 1.82) is 0 Å². The Morgan fingerprint density at radius 2 is 1.86 bits per heavy atom. The van der Waals surface area contributed by atoms with Crippen molar-refractivity contribution in [1.82, 2.24) is 25.6 Å². The minimum Gasteiger partial charge on any atom is -0.348 e. The molecule has 1 saturated carbocycles. The van der Waals surface area contributed by atoms with Crippen molar-refractivity contribution in [2.24, 2.45) is 0 Å². The van der Waals surface area contributed by atoms with Crippen LogP contribution in [0.25, 0.3) is 0 Å². The minimum absolute atomic E-state index is 0.0675. The predicted octanol–water partition coefficient (Wildman–Crippen LogP) is 1.66. The molecule has 1 aliphatic heterocycles. The van der Waals surface area contributed by atoms with E-state index in [9.17, 15) is 4.79 Å². The number of carbonyl (C=O) groups is 1. The average Bonchev–Trinajstić information content (AvgIpc) is 2.88. The second-order valence-electron chi connectivity index (χ2n) is 6.23. The van der Waals surface area contributed by atoms with Crippen LogP contribution >= 0.6 is 0 Å². The molecule has 2 N–H and O–H groups in total. The molecule has 1 amide bonds. The van der Waals surface area contributed by atoms with E-state index in [0.717, 1.165) is 38.8 Å². The van der Waals surface area contributed by atoms with Gasteiger partial charge in [-0.2, -0.15) is 0 Å². The molecule has 0 unspecified atom stereocenters. The van der Waals surface area contributed by atoms with Crippen LogP contribution in [0.5, 0.6) is 0 Å². The standard InChI is InChI=1S/C15H25N5O/c21-15(17-12-5-3-1-2-4-6-12)14-11-20(19-18-14)13-7-9-16-10-8-13/h11-13,16H,1-10H2,(H,17,21). The maximum atomic E-state index is 12.3. The number of nitrogens with zero attached hydrogens (tertiary/aromatic N) is 3. The van der Waals surface area contributed by atoms with Crippen molar-refractivity contribution in [2.45, 2.75) is 63.5 Å². The molecule has 0 aromatic carbocycles. The first kappa shape index (κ1) is 14.5. The highest BCUT2D eigenvalue weighted by Crippen LogP contribution is 2.19. The van der Waals surface area contributed by atoms with E-state index in [1.54, 1.807) is 0 Å². The van der Waals surface area contributed by atoms with Crippen LogP contribution in [0, 0.1) is 0 Å². The van der Waals surface area contributed by atoms with Gasteiger partial charge < -0.3 is 10.6 Å². The Labute approximate surface area is 125 Å². The minimum atomic E-state index is -0.0675. The summed E-state index contributed by atoms with van der Waals surface area (Å²) in [5, 5.41) is 14.7. The molecule has 1 aliphatic carbocycles. The molecule has 2 heterocycles. The summed E-state index contributed by atoms with van der Waals surface area (Å²) in [4.78, 5) is 12.3. The molecule has 3 rings (SSSR count). The number of carbonyl (C=O) groups excluding carboxylic acids is 1. The molecular weight excluding hydrogens is 266 g/mol. The van der Waals surface area contributed by atoms with Gasteiger partial charge in [-0.15, -0.1) is 5.10 Å². The highest BCUT2D eigenvalue weighted by molar-refractivity contribution is 5.92. The zero-order valence-corrected chi connectivity index (χ0v) is 12.6. The first-order chi connectivity index (χ1) is 10.3. The van der Waals surface area contributed by atoms with Crippen LogP contribution in [0.2, 0.25) is 0 Å². The van der Waals surface area contributed by atoms with E-state index >= 15 is 0 Å². The molecule has 1 saturated heterocycles. The summed E-state index contributed by atoms with van der Waals surface area (Å²) in [5.74, 6) is -0.0675. The van der Waals surface area contributed by atoms with Crippen molar-refractivity contribution in [3.63, 3.8) is 0 Å². The lowest BCUT2D eigenvalue weighted by molar-refractivity contribution is 0.0928. The lowest BCUT2D eigenvalue weighted by atomic mass is 10.1. The summed E-state index contributed by atoms with van der Waals surface area (Å²) in [6, 6.07) is 0.683. The third kappa shape index (κ3) is 3.81. The predicted molar refractivity (Wildman–Crippen MR) is 80.1 cm³/mol. The Bertz CT molecular complexity index is 458. The van der Waals surface area contributed by atoms with Gasteiger partial charge in [-0.05, 0) is 38.8 Å². The fraction of sp³-hybridized carbons (Fsp3) is 0.800. The molecule has 2 aliphatic rings. The zero-order valence-electron chi connectivity index (χ0n) is 12.6. The molecule has 1 aromatic heterocycles. The lowest BCUT2D eigenvalue weighted by Crippen LogP contribution is -2.34. The molecule has 6 heteroatoms. The molecule has 6 nitrogen and oxygen atoms in total. The van der Waals surface area contributed by atoms with E-state index in [4.69, 9.17) is 0 Å². The number of rotatable bonds is 3. The van der Waals surface area contributed by atoms with Crippen LogP contribution in [0.15, 0.2) is 6.20 Å². The van der Waals surface area contributed by atoms with Gasteiger partial charge in [0.1, 0.15) is 0 Å². The first-order valence-corrected chi connectivity index (χ1v) is 8.26. The molecule has 1 aromatic rings. The average molecular weight is 291 g/mol. The van der Waals surface area contributed by atoms with Crippen molar-refractivity contribution in [2.75, 3.05) is 13.1 Å². The third-order valence-corrected chi connectivity index (χ3v) is 4.62. The largest absolute Gasteiger partial charge is 0.348 e. The van der Waals surface area contributed by atoms with Gasteiger partial charge in [0, 0.05) is 6.04 Å². The Morgan fingerprint density at radius 1 is 1.14 bits per heavy atom. The van der Waals surface area contributed by atoms with Gasteiger partial charge in [-0.3, -0.25) is 4.79 Å². The molecule has 0 spiro atoms. The van der Waals surface area contributed by atoms with Gasteiger partial charge in [0.2, 0.25) is 0 Å². The van der Waals surface area contributed by atoms with E-state index in [2.05, 4.69) is 20.9 Å². The highest BCUT2D eigenvalue weighted by Gasteiger charge is 2.21. The van der Waals surface area contributed by atoms with E-state index < -0.39 is 0 Å². The zero-order chi connectivity index (χ0) is 14.5. The van der Waals surface area contributed by atoms with E-state index in [1.807, 2.05) is 10.9 Å². The highest BCUT2D eigenvalue weighted by atomic mass is 16.2. The van der Waals surface area contributed by atoms with Gasteiger partial charge in [-0.25, -0.2) is 4.68 Å². The number of nitrogens with one attached hydrogen (secondary N) is 2. The van der Waals surface area contributed by atoms with Crippen LogP contribution in [-0.2, 0) is 0 Å². The fourth-order valence-electron chi connectivity index (χ4n) is 3.31. The van der Waals surface area contributed by atoms with Crippen molar-refractivity contribution in [3.05, 3.63) is 11.9 Å².